The van der Waals surface area contributed by atoms with Crippen molar-refractivity contribution >= 4 is 0 Å². The van der Waals surface area contributed by atoms with Crippen LogP contribution in [0.4, 0.5) is 0 Å². The molecule has 0 bridgehead atoms. The van der Waals surface area contributed by atoms with E-state index in [0.717, 1.165) is 22.4 Å². The number of aliphatic hydroxyl groups is 1. The molecule has 2 unspecified atom stereocenters. The van der Waals surface area contributed by atoms with Gasteiger partial charge in [0.15, 0.2) is 0 Å². The van der Waals surface area contributed by atoms with Crippen molar-refractivity contribution in [1.29, 1.82) is 0 Å². The van der Waals surface area contributed by atoms with Gasteiger partial charge in [-0.2, -0.15) is 0 Å². The lowest BCUT2D eigenvalue weighted by molar-refractivity contribution is 0.125. The van der Waals surface area contributed by atoms with Gasteiger partial charge < -0.3 is 15.6 Å². The minimum atomic E-state index is -0.636. The third-order valence-corrected chi connectivity index (χ3v) is 3.69. The molecule has 0 heterocycles. The Morgan fingerprint density at radius 3 is 2.11 bits per heavy atom. The van der Waals surface area contributed by atoms with Gasteiger partial charge >= 0.3 is 0 Å². The summed E-state index contributed by atoms with van der Waals surface area (Å²) in [6, 6.07) is 3.76. The van der Waals surface area contributed by atoms with E-state index >= 15 is 0 Å². The van der Waals surface area contributed by atoms with Crippen LogP contribution >= 0.6 is 0 Å². The van der Waals surface area contributed by atoms with E-state index in [0.29, 0.717) is 5.92 Å². The highest BCUT2D eigenvalue weighted by Gasteiger charge is 2.23. The van der Waals surface area contributed by atoms with Crippen LogP contribution in [0, 0.1) is 12.8 Å². The quantitative estimate of drug-likeness (QED) is 0.860. The highest BCUT2D eigenvalue weighted by atomic mass is 16.5. The summed E-state index contributed by atoms with van der Waals surface area (Å²) < 4.78 is 5.42. The number of aliphatic hydroxyl groups excluding tert-OH is 1. The molecule has 3 heteroatoms. The standard InChI is InChI=1S/C16H27NO2/c1-9(2)12-8-13(11(5)7-14(12)19-6)16(18)15(17)10(3)4/h7-10,15-16,18H,17H2,1-6H3. The van der Waals surface area contributed by atoms with Crippen LogP contribution in [-0.2, 0) is 0 Å². The first-order valence-electron chi connectivity index (χ1n) is 6.91. The van der Waals surface area contributed by atoms with Gasteiger partial charge in [-0.1, -0.05) is 27.7 Å². The van der Waals surface area contributed by atoms with E-state index in [4.69, 9.17) is 10.5 Å². The molecule has 3 N–H and O–H groups in total. The summed E-state index contributed by atoms with van der Waals surface area (Å²) in [6.07, 6.45) is -0.636. The number of hydrogen-bond donors (Lipinski definition) is 2. The molecule has 0 radical (unpaired) electrons. The van der Waals surface area contributed by atoms with E-state index in [-0.39, 0.29) is 12.0 Å². The highest BCUT2D eigenvalue weighted by Crippen LogP contribution is 2.33. The lowest BCUT2D eigenvalue weighted by Gasteiger charge is -2.25. The second kappa shape index (κ2) is 6.40. The third kappa shape index (κ3) is 3.48. The number of benzene rings is 1. The molecular weight excluding hydrogens is 238 g/mol. The fourth-order valence-corrected chi connectivity index (χ4v) is 2.23. The molecule has 0 aromatic heterocycles. The summed E-state index contributed by atoms with van der Waals surface area (Å²) in [5, 5.41) is 10.4. The Morgan fingerprint density at radius 2 is 1.68 bits per heavy atom. The van der Waals surface area contributed by atoms with Crippen LogP contribution in [0.25, 0.3) is 0 Å². The number of rotatable bonds is 5. The maximum absolute atomic E-state index is 10.4. The first-order valence-corrected chi connectivity index (χ1v) is 6.91. The fourth-order valence-electron chi connectivity index (χ4n) is 2.23. The van der Waals surface area contributed by atoms with Gasteiger partial charge in [-0.15, -0.1) is 0 Å². The molecule has 1 aromatic carbocycles. The predicted octanol–water partition coefficient (Wildman–Crippen LogP) is 3.14. The fraction of sp³-hybridized carbons (Fsp3) is 0.625. The van der Waals surface area contributed by atoms with E-state index in [1.165, 1.54) is 0 Å². The van der Waals surface area contributed by atoms with Crippen molar-refractivity contribution in [2.24, 2.45) is 11.7 Å². The zero-order chi connectivity index (χ0) is 14.7. The highest BCUT2D eigenvalue weighted by molar-refractivity contribution is 5.45. The summed E-state index contributed by atoms with van der Waals surface area (Å²) in [5.74, 6) is 1.46. The lowest BCUT2D eigenvalue weighted by atomic mass is 9.88. The van der Waals surface area contributed by atoms with Crippen LogP contribution in [0.3, 0.4) is 0 Å². The summed E-state index contributed by atoms with van der Waals surface area (Å²) in [6.45, 7) is 10.3. The Hall–Kier alpha value is -1.06. The predicted molar refractivity (Wildman–Crippen MR) is 79.6 cm³/mol. The summed E-state index contributed by atoms with van der Waals surface area (Å²) in [4.78, 5) is 0. The van der Waals surface area contributed by atoms with Gasteiger partial charge in [-0.05, 0) is 47.6 Å². The average Bonchev–Trinajstić information content (AvgIpc) is 2.35. The Balaban J connectivity index is 3.25. The van der Waals surface area contributed by atoms with E-state index in [9.17, 15) is 5.11 Å². The average molecular weight is 265 g/mol. The van der Waals surface area contributed by atoms with Crippen LogP contribution in [0.1, 0.15) is 56.4 Å². The number of ether oxygens (including phenoxy) is 1. The van der Waals surface area contributed by atoms with Gasteiger partial charge in [-0.3, -0.25) is 0 Å². The topological polar surface area (TPSA) is 55.5 Å². The molecule has 108 valence electrons. The van der Waals surface area contributed by atoms with Crippen LogP contribution in [-0.4, -0.2) is 18.3 Å². The smallest absolute Gasteiger partial charge is 0.122 e. The second-order valence-electron chi connectivity index (χ2n) is 5.87. The SMILES string of the molecule is COc1cc(C)c(C(O)C(N)C(C)C)cc1C(C)C. The van der Waals surface area contributed by atoms with Crippen molar-refractivity contribution in [3.63, 3.8) is 0 Å². The largest absolute Gasteiger partial charge is 0.496 e. The molecule has 1 rings (SSSR count). The maximum atomic E-state index is 10.4. The van der Waals surface area contributed by atoms with E-state index in [1.807, 2.05) is 32.9 Å². The van der Waals surface area contributed by atoms with Gasteiger partial charge in [0.25, 0.3) is 0 Å². The molecule has 0 aliphatic heterocycles. The molecule has 0 saturated carbocycles. The van der Waals surface area contributed by atoms with Crippen LogP contribution in [0.2, 0.25) is 0 Å². The summed E-state index contributed by atoms with van der Waals surface area (Å²) in [7, 11) is 1.68. The number of methoxy groups -OCH3 is 1. The summed E-state index contributed by atoms with van der Waals surface area (Å²) >= 11 is 0. The summed E-state index contributed by atoms with van der Waals surface area (Å²) in [5.41, 5.74) is 9.11. The van der Waals surface area contributed by atoms with Crippen molar-refractivity contribution in [1.82, 2.24) is 0 Å². The molecule has 0 aliphatic rings. The molecule has 1 aromatic rings. The lowest BCUT2D eigenvalue weighted by Crippen LogP contribution is -2.33. The van der Waals surface area contributed by atoms with Crippen molar-refractivity contribution in [2.75, 3.05) is 7.11 Å². The first kappa shape index (κ1) is 16.0. The van der Waals surface area contributed by atoms with E-state index in [2.05, 4.69) is 13.8 Å². The van der Waals surface area contributed by atoms with E-state index < -0.39 is 6.10 Å². The second-order valence-corrected chi connectivity index (χ2v) is 5.87. The molecule has 3 nitrogen and oxygen atoms in total. The van der Waals surface area contributed by atoms with Crippen molar-refractivity contribution < 1.29 is 9.84 Å². The van der Waals surface area contributed by atoms with E-state index in [1.54, 1.807) is 7.11 Å². The zero-order valence-electron chi connectivity index (χ0n) is 12.9. The minimum Gasteiger partial charge on any atom is -0.496 e. The Morgan fingerprint density at radius 1 is 1.11 bits per heavy atom. The normalized spacial score (nSPS) is 14.8. The monoisotopic (exact) mass is 265 g/mol. The maximum Gasteiger partial charge on any atom is 0.122 e. The van der Waals surface area contributed by atoms with Crippen molar-refractivity contribution in [2.45, 2.75) is 52.7 Å². The molecule has 2 atom stereocenters. The molecule has 0 amide bonds. The Kier molecular flexibility index (Phi) is 5.39. The van der Waals surface area contributed by atoms with Crippen LogP contribution in [0.15, 0.2) is 12.1 Å². The van der Waals surface area contributed by atoms with Crippen molar-refractivity contribution in [3.05, 3.63) is 28.8 Å². The molecule has 0 saturated heterocycles. The molecular formula is C16H27NO2. The van der Waals surface area contributed by atoms with Gasteiger partial charge in [0.2, 0.25) is 0 Å². The first-order chi connectivity index (χ1) is 8.79. The van der Waals surface area contributed by atoms with Gasteiger partial charge in [0, 0.05) is 6.04 Å². The van der Waals surface area contributed by atoms with Gasteiger partial charge in [0.05, 0.1) is 13.2 Å². The van der Waals surface area contributed by atoms with Crippen LogP contribution in [0.5, 0.6) is 5.75 Å². The number of nitrogens with two attached hydrogens (primary N) is 1. The van der Waals surface area contributed by atoms with Gasteiger partial charge in [-0.25, -0.2) is 0 Å². The zero-order valence-corrected chi connectivity index (χ0v) is 12.9. The molecule has 0 fully saturated rings. The number of aryl methyl sites for hydroxylation is 1. The Bertz CT molecular complexity index is 427. The third-order valence-electron chi connectivity index (χ3n) is 3.69. The van der Waals surface area contributed by atoms with Gasteiger partial charge in [0.1, 0.15) is 5.75 Å². The molecule has 0 aliphatic carbocycles. The van der Waals surface area contributed by atoms with Crippen LogP contribution < -0.4 is 10.5 Å². The molecule has 0 spiro atoms. The Labute approximate surface area is 116 Å². The van der Waals surface area contributed by atoms with Crippen molar-refractivity contribution in [3.8, 4) is 5.75 Å². The molecule has 19 heavy (non-hydrogen) atoms. The minimum absolute atomic E-state index is 0.235. The number of hydrogen-bond acceptors (Lipinski definition) is 3.